The number of imidazole rings is 1. The Bertz CT molecular complexity index is 1170. The summed E-state index contributed by atoms with van der Waals surface area (Å²) in [6, 6.07) is 12.5. The van der Waals surface area contributed by atoms with Crippen LogP contribution in [-0.4, -0.2) is 20.9 Å². The molecule has 0 aliphatic rings. The van der Waals surface area contributed by atoms with Crippen molar-refractivity contribution in [2.75, 3.05) is 5.32 Å². The summed E-state index contributed by atoms with van der Waals surface area (Å²) in [5.41, 5.74) is 3.21. The standard InChI is InChI=1S/C18H13ClN4O2S/c1-9-15(26-17(20-9)10-2-4-11(19)5-3-10)16(24)21-12-6-7-13-14(8-12)23-18(25)22-13/h2-8H,1H3,(H,21,24)(H2,22,23,25). The van der Waals surface area contributed by atoms with Crippen molar-refractivity contribution >= 4 is 45.6 Å². The fourth-order valence-electron chi connectivity index (χ4n) is 2.62. The van der Waals surface area contributed by atoms with Gasteiger partial charge in [-0.15, -0.1) is 11.3 Å². The Morgan fingerprint density at radius 3 is 2.62 bits per heavy atom. The van der Waals surface area contributed by atoms with Crippen LogP contribution in [0, 0.1) is 6.92 Å². The van der Waals surface area contributed by atoms with Gasteiger partial charge in [0.25, 0.3) is 5.91 Å². The summed E-state index contributed by atoms with van der Waals surface area (Å²) in [6.45, 7) is 1.80. The SMILES string of the molecule is Cc1nc(-c2ccc(Cl)cc2)sc1C(=O)Nc1ccc2[nH]c(=O)[nH]c2c1. The predicted molar refractivity (Wildman–Crippen MR) is 104 cm³/mol. The topological polar surface area (TPSA) is 90.6 Å². The lowest BCUT2D eigenvalue weighted by Crippen LogP contribution is -2.11. The molecule has 0 unspecified atom stereocenters. The van der Waals surface area contributed by atoms with Gasteiger partial charge in [-0.25, -0.2) is 9.78 Å². The quantitative estimate of drug-likeness (QED) is 0.494. The lowest BCUT2D eigenvalue weighted by atomic mass is 10.2. The van der Waals surface area contributed by atoms with Gasteiger partial charge in [-0.3, -0.25) is 4.79 Å². The number of fused-ring (bicyclic) bond motifs is 1. The predicted octanol–water partition coefficient (Wildman–Crippen LogP) is 4.19. The van der Waals surface area contributed by atoms with E-state index in [2.05, 4.69) is 20.3 Å². The molecule has 8 heteroatoms. The molecule has 0 fully saturated rings. The molecule has 2 aromatic carbocycles. The van der Waals surface area contributed by atoms with Crippen molar-refractivity contribution in [1.29, 1.82) is 0 Å². The minimum Gasteiger partial charge on any atom is -0.321 e. The number of amides is 1. The molecule has 0 aliphatic heterocycles. The average Bonchev–Trinajstić information content (AvgIpc) is 3.17. The van der Waals surface area contributed by atoms with Crippen molar-refractivity contribution < 1.29 is 4.79 Å². The number of halogens is 1. The number of carbonyl (C=O) groups is 1. The van der Waals surface area contributed by atoms with Gasteiger partial charge in [-0.2, -0.15) is 0 Å². The Labute approximate surface area is 156 Å². The molecule has 0 radical (unpaired) electrons. The molecular weight excluding hydrogens is 372 g/mol. The number of anilines is 1. The number of H-pyrrole nitrogens is 2. The first-order valence-electron chi connectivity index (χ1n) is 7.76. The first-order chi connectivity index (χ1) is 12.5. The second kappa shape index (κ2) is 6.44. The maximum absolute atomic E-state index is 12.6. The van der Waals surface area contributed by atoms with Crippen molar-refractivity contribution in [3.8, 4) is 10.6 Å². The largest absolute Gasteiger partial charge is 0.323 e. The number of benzene rings is 2. The first-order valence-corrected chi connectivity index (χ1v) is 8.96. The highest BCUT2D eigenvalue weighted by Gasteiger charge is 2.16. The summed E-state index contributed by atoms with van der Waals surface area (Å²) in [4.78, 5) is 34.3. The van der Waals surface area contributed by atoms with E-state index in [1.165, 1.54) is 11.3 Å². The van der Waals surface area contributed by atoms with Crippen molar-refractivity contribution in [3.63, 3.8) is 0 Å². The first kappa shape index (κ1) is 16.6. The molecule has 6 nitrogen and oxygen atoms in total. The summed E-state index contributed by atoms with van der Waals surface area (Å²) in [5.74, 6) is -0.238. The van der Waals surface area contributed by atoms with E-state index >= 15 is 0 Å². The van der Waals surface area contributed by atoms with Crippen LogP contribution in [0.1, 0.15) is 15.4 Å². The molecule has 0 spiro atoms. The molecule has 130 valence electrons. The van der Waals surface area contributed by atoms with Crippen LogP contribution in [-0.2, 0) is 0 Å². The summed E-state index contributed by atoms with van der Waals surface area (Å²) >= 11 is 7.24. The average molecular weight is 385 g/mol. The van der Waals surface area contributed by atoms with Crippen LogP contribution in [0.25, 0.3) is 21.6 Å². The minimum atomic E-state index is -0.283. The van der Waals surface area contributed by atoms with Crippen LogP contribution in [0.5, 0.6) is 0 Å². The third-order valence-corrected chi connectivity index (χ3v) is 5.33. The molecule has 1 amide bonds. The van der Waals surface area contributed by atoms with Gasteiger partial charge in [0.05, 0.1) is 16.7 Å². The molecule has 0 saturated heterocycles. The fourth-order valence-corrected chi connectivity index (χ4v) is 3.71. The fraction of sp³-hybridized carbons (Fsp3) is 0.0556. The van der Waals surface area contributed by atoms with Gasteiger partial charge in [-0.1, -0.05) is 23.7 Å². The highest BCUT2D eigenvalue weighted by Crippen LogP contribution is 2.29. The Morgan fingerprint density at radius 1 is 1.12 bits per heavy atom. The molecule has 2 heterocycles. The number of nitrogens with one attached hydrogen (secondary N) is 3. The molecule has 0 bridgehead atoms. The summed E-state index contributed by atoms with van der Waals surface area (Å²) in [6.07, 6.45) is 0. The van der Waals surface area contributed by atoms with Gasteiger partial charge in [-0.05, 0) is 37.3 Å². The maximum Gasteiger partial charge on any atom is 0.323 e. The molecule has 26 heavy (non-hydrogen) atoms. The van der Waals surface area contributed by atoms with Crippen molar-refractivity contribution in [2.45, 2.75) is 6.92 Å². The number of aromatic nitrogens is 3. The number of hydrogen-bond donors (Lipinski definition) is 3. The molecule has 2 aromatic heterocycles. The van der Waals surface area contributed by atoms with Crippen LogP contribution < -0.4 is 11.0 Å². The Morgan fingerprint density at radius 2 is 1.85 bits per heavy atom. The monoisotopic (exact) mass is 384 g/mol. The minimum absolute atomic E-state index is 0.238. The molecule has 0 atom stereocenters. The molecule has 4 aromatic rings. The maximum atomic E-state index is 12.6. The number of rotatable bonds is 3. The summed E-state index contributed by atoms with van der Waals surface area (Å²) in [5, 5.41) is 4.26. The van der Waals surface area contributed by atoms with Gasteiger partial charge >= 0.3 is 5.69 Å². The Hall–Kier alpha value is -2.90. The second-order valence-electron chi connectivity index (χ2n) is 5.73. The van der Waals surface area contributed by atoms with Gasteiger partial charge in [0.15, 0.2) is 0 Å². The molecule has 4 rings (SSSR count). The van der Waals surface area contributed by atoms with Crippen molar-refractivity contribution in [1.82, 2.24) is 15.0 Å². The lowest BCUT2D eigenvalue weighted by molar-refractivity contribution is 0.103. The number of nitrogens with zero attached hydrogens (tertiary/aromatic N) is 1. The van der Waals surface area contributed by atoms with Crippen LogP contribution in [0.15, 0.2) is 47.3 Å². The van der Waals surface area contributed by atoms with Crippen molar-refractivity contribution in [3.05, 3.63) is 68.5 Å². The smallest absolute Gasteiger partial charge is 0.321 e. The van der Waals surface area contributed by atoms with Crippen LogP contribution >= 0.6 is 22.9 Å². The van der Waals surface area contributed by atoms with E-state index < -0.39 is 0 Å². The highest BCUT2D eigenvalue weighted by atomic mass is 35.5. The number of carbonyl (C=O) groups excluding carboxylic acids is 1. The normalized spacial score (nSPS) is 11.0. The Balaban J connectivity index is 1.61. The number of thiazole rings is 1. The van der Waals surface area contributed by atoms with E-state index in [0.29, 0.717) is 32.3 Å². The van der Waals surface area contributed by atoms with E-state index in [4.69, 9.17) is 11.6 Å². The molecular formula is C18H13ClN4O2S. The third-order valence-electron chi connectivity index (χ3n) is 3.87. The lowest BCUT2D eigenvalue weighted by Gasteiger charge is -2.04. The van der Waals surface area contributed by atoms with E-state index in [-0.39, 0.29) is 11.6 Å². The van der Waals surface area contributed by atoms with Crippen LogP contribution in [0.3, 0.4) is 0 Å². The van der Waals surface area contributed by atoms with Crippen molar-refractivity contribution in [2.24, 2.45) is 0 Å². The van der Waals surface area contributed by atoms with Gasteiger partial charge in [0.2, 0.25) is 0 Å². The second-order valence-corrected chi connectivity index (χ2v) is 7.17. The number of hydrogen-bond acceptors (Lipinski definition) is 4. The van der Waals surface area contributed by atoms with E-state index in [1.54, 1.807) is 37.3 Å². The number of aryl methyl sites for hydroxylation is 1. The van der Waals surface area contributed by atoms with E-state index in [9.17, 15) is 9.59 Å². The summed E-state index contributed by atoms with van der Waals surface area (Å²) in [7, 11) is 0. The van der Waals surface area contributed by atoms with E-state index in [0.717, 1.165) is 10.6 Å². The van der Waals surface area contributed by atoms with Gasteiger partial charge < -0.3 is 15.3 Å². The Kier molecular flexibility index (Phi) is 4.10. The zero-order valence-corrected chi connectivity index (χ0v) is 15.2. The van der Waals surface area contributed by atoms with Gasteiger partial charge in [0.1, 0.15) is 9.88 Å². The molecule has 0 saturated carbocycles. The molecule has 3 N–H and O–H groups in total. The molecule has 0 aliphatic carbocycles. The highest BCUT2D eigenvalue weighted by molar-refractivity contribution is 7.17. The van der Waals surface area contributed by atoms with Crippen LogP contribution in [0.4, 0.5) is 5.69 Å². The third kappa shape index (κ3) is 3.14. The number of aromatic amines is 2. The van der Waals surface area contributed by atoms with Crippen LogP contribution in [0.2, 0.25) is 5.02 Å². The van der Waals surface area contributed by atoms with E-state index in [1.807, 2.05) is 12.1 Å². The zero-order chi connectivity index (χ0) is 18.3. The van der Waals surface area contributed by atoms with Gasteiger partial charge in [0, 0.05) is 16.3 Å². The summed E-state index contributed by atoms with van der Waals surface area (Å²) < 4.78 is 0. The zero-order valence-electron chi connectivity index (χ0n) is 13.6.